The number of ketones is 1. The van der Waals surface area contributed by atoms with Crippen LogP contribution in [0.25, 0.3) is 5.69 Å². The summed E-state index contributed by atoms with van der Waals surface area (Å²) in [6.07, 6.45) is 0. The summed E-state index contributed by atoms with van der Waals surface area (Å²) in [7, 11) is 1.62. The quantitative estimate of drug-likeness (QED) is 0.257. The van der Waals surface area contributed by atoms with Crippen molar-refractivity contribution in [3.05, 3.63) is 84.2 Å². The summed E-state index contributed by atoms with van der Waals surface area (Å²) in [5.74, 6) is 3.55. The summed E-state index contributed by atoms with van der Waals surface area (Å²) in [6, 6.07) is 22.2. The molecule has 0 atom stereocenters. The van der Waals surface area contributed by atoms with E-state index < -0.39 is 0 Å². The highest BCUT2D eigenvalue weighted by Gasteiger charge is 2.18. The normalized spacial score (nSPS) is 11.9. The minimum absolute atomic E-state index is 0.0213. The molecule has 1 aliphatic rings. The number of nitrogens with zero attached hydrogens (tertiary/aromatic N) is 3. The van der Waals surface area contributed by atoms with Gasteiger partial charge in [0.2, 0.25) is 6.79 Å². The van der Waals surface area contributed by atoms with Crippen LogP contribution in [-0.2, 0) is 6.61 Å². The first-order valence-corrected chi connectivity index (χ1v) is 11.5. The van der Waals surface area contributed by atoms with Crippen LogP contribution in [0.5, 0.6) is 23.0 Å². The molecule has 34 heavy (non-hydrogen) atoms. The van der Waals surface area contributed by atoms with Crippen LogP contribution < -0.4 is 18.9 Å². The number of fused-ring (bicyclic) bond motifs is 1. The van der Waals surface area contributed by atoms with Crippen molar-refractivity contribution in [3.8, 4) is 28.7 Å². The monoisotopic (exact) mass is 475 g/mol. The molecule has 0 N–H and O–H groups in total. The van der Waals surface area contributed by atoms with Gasteiger partial charge in [-0.2, -0.15) is 0 Å². The van der Waals surface area contributed by atoms with Gasteiger partial charge in [-0.3, -0.25) is 9.36 Å². The first-order valence-electron chi connectivity index (χ1n) is 10.5. The highest BCUT2D eigenvalue weighted by Crippen LogP contribution is 2.35. The molecule has 1 aromatic heterocycles. The number of methoxy groups -OCH3 is 1. The molecule has 0 saturated heterocycles. The minimum atomic E-state index is 0.0213. The summed E-state index contributed by atoms with van der Waals surface area (Å²) >= 11 is 1.33. The molecule has 0 radical (unpaired) electrons. The van der Waals surface area contributed by atoms with E-state index in [1.165, 1.54) is 11.8 Å². The Hall–Kier alpha value is -3.98. The number of Topliss-reactive ketones (excluding diaryl/α,β-unsaturated/α-hetero) is 1. The Labute approximate surface area is 200 Å². The molecular formula is C25H21N3O5S. The predicted molar refractivity (Wildman–Crippen MR) is 126 cm³/mol. The van der Waals surface area contributed by atoms with E-state index in [1.807, 2.05) is 71.3 Å². The number of hydrogen-bond acceptors (Lipinski definition) is 8. The van der Waals surface area contributed by atoms with Crippen molar-refractivity contribution in [3.63, 3.8) is 0 Å². The molecule has 0 amide bonds. The predicted octanol–water partition coefficient (Wildman–Crippen LogP) is 4.56. The van der Waals surface area contributed by atoms with E-state index in [1.54, 1.807) is 13.2 Å². The van der Waals surface area contributed by atoms with Gasteiger partial charge < -0.3 is 18.9 Å². The van der Waals surface area contributed by atoms with Gasteiger partial charge in [-0.1, -0.05) is 42.1 Å². The van der Waals surface area contributed by atoms with Crippen molar-refractivity contribution in [2.75, 3.05) is 19.7 Å². The lowest BCUT2D eigenvalue weighted by Gasteiger charge is -2.12. The highest BCUT2D eigenvalue weighted by atomic mass is 32.2. The summed E-state index contributed by atoms with van der Waals surface area (Å²) < 4.78 is 23.9. The van der Waals surface area contributed by atoms with E-state index in [0.717, 1.165) is 11.4 Å². The van der Waals surface area contributed by atoms with Gasteiger partial charge in [0.1, 0.15) is 18.1 Å². The van der Waals surface area contributed by atoms with Crippen LogP contribution in [0.2, 0.25) is 0 Å². The van der Waals surface area contributed by atoms with Crippen LogP contribution in [0.3, 0.4) is 0 Å². The molecule has 5 rings (SSSR count). The number of ether oxygens (including phenoxy) is 4. The molecule has 0 unspecified atom stereocenters. The van der Waals surface area contributed by atoms with E-state index >= 15 is 0 Å². The van der Waals surface area contributed by atoms with Crippen molar-refractivity contribution in [1.82, 2.24) is 14.8 Å². The smallest absolute Gasteiger partial charge is 0.231 e. The first kappa shape index (κ1) is 21.8. The summed E-state index contributed by atoms with van der Waals surface area (Å²) in [4.78, 5) is 12.6. The number of carbonyl (C=O) groups is 1. The molecule has 0 bridgehead atoms. The molecule has 8 nitrogen and oxygen atoms in total. The molecule has 0 aliphatic carbocycles. The number of aromatic nitrogens is 3. The van der Waals surface area contributed by atoms with Gasteiger partial charge >= 0.3 is 0 Å². The Balaban J connectivity index is 1.38. The fraction of sp³-hybridized carbons (Fsp3) is 0.160. The average Bonchev–Trinajstić information content (AvgIpc) is 3.53. The number of hydrogen-bond donors (Lipinski definition) is 0. The molecule has 1 aliphatic heterocycles. The molecule has 0 fully saturated rings. The maximum absolute atomic E-state index is 12.6. The highest BCUT2D eigenvalue weighted by molar-refractivity contribution is 7.99. The Morgan fingerprint density at radius 1 is 0.971 bits per heavy atom. The molecule has 9 heteroatoms. The van der Waals surface area contributed by atoms with Crippen molar-refractivity contribution in [2.24, 2.45) is 0 Å². The number of carbonyl (C=O) groups excluding carboxylic acids is 1. The van der Waals surface area contributed by atoms with Crippen molar-refractivity contribution >= 4 is 17.5 Å². The number of thioether (sulfide) groups is 1. The zero-order valence-corrected chi connectivity index (χ0v) is 19.2. The number of rotatable bonds is 9. The van der Waals surface area contributed by atoms with Gasteiger partial charge in [0, 0.05) is 17.3 Å². The molecule has 4 aromatic rings. The molecular weight excluding hydrogens is 454 g/mol. The lowest BCUT2D eigenvalue weighted by atomic mass is 10.2. The Kier molecular flexibility index (Phi) is 6.35. The van der Waals surface area contributed by atoms with Crippen LogP contribution in [0.15, 0.2) is 78.0 Å². The molecule has 2 heterocycles. The maximum Gasteiger partial charge on any atom is 0.231 e. The van der Waals surface area contributed by atoms with E-state index in [4.69, 9.17) is 18.9 Å². The topological polar surface area (TPSA) is 84.7 Å². The molecule has 172 valence electrons. The SMILES string of the molecule is COc1ccc(-n2c(COc3ccc4c(c3)OCO4)nnc2SCC(=O)c2ccccc2)cc1. The van der Waals surface area contributed by atoms with E-state index in [0.29, 0.717) is 33.8 Å². The van der Waals surface area contributed by atoms with E-state index in [9.17, 15) is 4.79 Å². The van der Waals surface area contributed by atoms with Gasteiger partial charge in [-0.15, -0.1) is 10.2 Å². The molecule has 0 spiro atoms. The largest absolute Gasteiger partial charge is 0.497 e. The maximum atomic E-state index is 12.6. The summed E-state index contributed by atoms with van der Waals surface area (Å²) in [6.45, 7) is 0.374. The summed E-state index contributed by atoms with van der Waals surface area (Å²) in [5, 5.41) is 9.28. The fourth-order valence-corrected chi connectivity index (χ4v) is 4.30. The lowest BCUT2D eigenvalue weighted by Crippen LogP contribution is -2.08. The van der Waals surface area contributed by atoms with Crippen molar-refractivity contribution < 1.29 is 23.7 Å². The van der Waals surface area contributed by atoms with E-state index in [-0.39, 0.29) is 24.9 Å². The van der Waals surface area contributed by atoms with Crippen molar-refractivity contribution in [2.45, 2.75) is 11.8 Å². The van der Waals surface area contributed by atoms with Crippen LogP contribution >= 0.6 is 11.8 Å². The van der Waals surface area contributed by atoms with Gasteiger partial charge in [0.25, 0.3) is 0 Å². The van der Waals surface area contributed by atoms with Gasteiger partial charge in [-0.25, -0.2) is 0 Å². The molecule has 3 aromatic carbocycles. The third-order valence-electron chi connectivity index (χ3n) is 5.17. The van der Waals surface area contributed by atoms with Crippen LogP contribution in [0.1, 0.15) is 16.2 Å². The van der Waals surface area contributed by atoms with Gasteiger partial charge in [-0.05, 0) is 36.4 Å². The fourth-order valence-electron chi connectivity index (χ4n) is 3.43. The van der Waals surface area contributed by atoms with E-state index in [2.05, 4.69) is 10.2 Å². The van der Waals surface area contributed by atoms with Crippen LogP contribution in [0.4, 0.5) is 0 Å². The second-order valence-electron chi connectivity index (χ2n) is 7.31. The molecule has 0 saturated carbocycles. The standard InChI is InChI=1S/C25H21N3O5S/c1-30-19-9-7-18(8-10-19)28-24(14-31-20-11-12-22-23(13-20)33-16-32-22)26-27-25(28)34-15-21(29)17-5-3-2-4-6-17/h2-13H,14-16H2,1H3. The second-order valence-corrected chi connectivity index (χ2v) is 8.26. The summed E-state index contributed by atoms with van der Waals surface area (Å²) in [5.41, 5.74) is 1.50. The van der Waals surface area contributed by atoms with Crippen molar-refractivity contribution in [1.29, 1.82) is 0 Å². The van der Waals surface area contributed by atoms with Crippen LogP contribution in [-0.4, -0.2) is 40.2 Å². The zero-order valence-electron chi connectivity index (χ0n) is 18.3. The Morgan fingerprint density at radius 3 is 2.53 bits per heavy atom. The third-order valence-corrected chi connectivity index (χ3v) is 6.10. The van der Waals surface area contributed by atoms with Gasteiger partial charge in [0.15, 0.2) is 28.3 Å². The van der Waals surface area contributed by atoms with Gasteiger partial charge in [0.05, 0.1) is 12.9 Å². The van der Waals surface area contributed by atoms with Crippen LogP contribution in [0, 0.1) is 0 Å². The minimum Gasteiger partial charge on any atom is -0.497 e. The Morgan fingerprint density at radius 2 is 1.74 bits per heavy atom. The average molecular weight is 476 g/mol. The Bertz CT molecular complexity index is 1290. The lowest BCUT2D eigenvalue weighted by molar-refractivity contribution is 0.102. The zero-order chi connectivity index (χ0) is 23.3. The first-order chi connectivity index (χ1) is 16.7. The number of benzene rings is 3. The third kappa shape index (κ3) is 4.69. The second kappa shape index (κ2) is 9.88.